The zero-order valence-electron chi connectivity index (χ0n) is 22.5. The number of amides is 1. The number of hydrogen-bond donors (Lipinski definition) is 0. The molecule has 1 aromatic carbocycles. The van der Waals surface area contributed by atoms with Gasteiger partial charge < -0.3 is 23.7 Å². The summed E-state index contributed by atoms with van der Waals surface area (Å²) in [5.74, 6) is -0.644. The first-order valence-corrected chi connectivity index (χ1v) is 11.7. The van der Waals surface area contributed by atoms with Crippen LogP contribution in [-0.2, 0) is 23.8 Å². The summed E-state index contributed by atoms with van der Waals surface area (Å²) in [7, 11) is 2.98. The van der Waals surface area contributed by atoms with Crippen LogP contribution in [0.25, 0.3) is 0 Å². The van der Waals surface area contributed by atoms with Gasteiger partial charge >= 0.3 is 18.0 Å². The lowest BCUT2D eigenvalue weighted by Crippen LogP contribution is -2.46. The fourth-order valence-electron chi connectivity index (χ4n) is 3.73. The lowest BCUT2D eigenvalue weighted by molar-refractivity contribution is -0.173. The molecule has 0 spiro atoms. The SMILES string of the molecule is COc1cccc(OC)c1C1O[C@@H](C(=O)OC(=O)C(C)(C)C)C(CC(C)C)N1C(=O)OC(C)(C)C. The van der Waals surface area contributed by atoms with Crippen molar-refractivity contribution >= 4 is 18.0 Å². The molecule has 0 bridgehead atoms. The van der Waals surface area contributed by atoms with E-state index in [2.05, 4.69) is 0 Å². The van der Waals surface area contributed by atoms with E-state index in [4.69, 9.17) is 23.7 Å². The van der Waals surface area contributed by atoms with Crippen LogP contribution in [-0.4, -0.2) is 54.9 Å². The molecule has 2 rings (SSSR count). The summed E-state index contributed by atoms with van der Waals surface area (Å²) in [6, 6.07) is 4.40. The van der Waals surface area contributed by atoms with Crippen LogP contribution < -0.4 is 9.47 Å². The van der Waals surface area contributed by atoms with E-state index in [0.29, 0.717) is 23.5 Å². The van der Waals surface area contributed by atoms with Crippen LogP contribution in [0.4, 0.5) is 4.79 Å². The number of ether oxygens (including phenoxy) is 5. The molecule has 0 saturated carbocycles. The van der Waals surface area contributed by atoms with Crippen LogP contribution in [0, 0.1) is 11.3 Å². The molecule has 1 heterocycles. The standard InChI is InChI=1S/C26H39NO8/c1-15(2)14-16-20(22(28)34-23(29)25(3,4)5)33-21(27(16)24(30)35-26(6,7)8)19-17(31-9)12-11-13-18(19)32-10/h11-13,15-16,20-21H,14H2,1-10H3/t16?,20-,21?/m1/s1. The summed E-state index contributed by atoms with van der Waals surface area (Å²) in [6.45, 7) is 14.2. The van der Waals surface area contributed by atoms with Gasteiger partial charge in [0.05, 0.1) is 31.2 Å². The van der Waals surface area contributed by atoms with Crippen LogP contribution in [0.15, 0.2) is 18.2 Å². The first kappa shape index (κ1) is 28.4. The maximum Gasteiger partial charge on any atom is 0.413 e. The lowest BCUT2D eigenvalue weighted by atomic mass is 9.96. The second-order valence-corrected chi connectivity index (χ2v) is 11.0. The Morgan fingerprint density at radius 1 is 1.00 bits per heavy atom. The Hall–Kier alpha value is -2.81. The van der Waals surface area contributed by atoms with Gasteiger partial charge in [0.15, 0.2) is 12.3 Å². The van der Waals surface area contributed by atoms with E-state index < -0.39 is 47.4 Å². The second kappa shape index (κ2) is 10.8. The van der Waals surface area contributed by atoms with Crippen LogP contribution in [0.2, 0.25) is 0 Å². The van der Waals surface area contributed by atoms with Gasteiger partial charge in [0, 0.05) is 0 Å². The molecule has 1 amide bonds. The van der Waals surface area contributed by atoms with Crippen LogP contribution >= 0.6 is 0 Å². The summed E-state index contributed by atoms with van der Waals surface area (Å²) >= 11 is 0. The molecule has 0 aliphatic carbocycles. The average molecular weight is 494 g/mol. The fraction of sp³-hybridized carbons (Fsp3) is 0.654. The molecule has 9 nitrogen and oxygen atoms in total. The number of esters is 2. The predicted molar refractivity (Wildman–Crippen MR) is 129 cm³/mol. The molecule has 0 N–H and O–H groups in total. The maximum atomic E-state index is 13.5. The highest BCUT2D eigenvalue weighted by Gasteiger charge is 2.53. The Bertz CT molecular complexity index is 906. The third kappa shape index (κ3) is 6.87. The minimum absolute atomic E-state index is 0.0838. The number of benzene rings is 1. The Kier molecular flexibility index (Phi) is 8.81. The van der Waals surface area contributed by atoms with Crippen LogP contribution in [0.5, 0.6) is 11.5 Å². The van der Waals surface area contributed by atoms with Crippen molar-refractivity contribution < 1.29 is 38.1 Å². The van der Waals surface area contributed by atoms with Crippen molar-refractivity contribution in [2.24, 2.45) is 11.3 Å². The number of nitrogens with zero attached hydrogens (tertiary/aromatic N) is 1. The number of methoxy groups -OCH3 is 2. The fourth-order valence-corrected chi connectivity index (χ4v) is 3.73. The molecule has 3 atom stereocenters. The highest BCUT2D eigenvalue weighted by atomic mass is 16.6. The van der Waals surface area contributed by atoms with E-state index in [1.165, 1.54) is 19.1 Å². The molecule has 1 fully saturated rings. The van der Waals surface area contributed by atoms with E-state index in [-0.39, 0.29) is 5.92 Å². The number of carbonyl (C=O) groups excluding carboxylic acids is 3. The second-order valence-electron chi connectivity index (χ2n) is 11.0. The van der Waals surface area contributed by atoms with E-state index in [9.17, 15) is 14.4 Å². The zero-order chi connectivity index (χ0) is 26.7. The Morgan fingerprint density at radius 2 is 1.54 bits per heavy atom. The predicted octanol–water partition coefficient (Wildman–Crippen LogP) is 4.87. The van der Waals surface area contributed by atoms with Crippen molar-refractivity contribution in [2.45, 2.75) is 85.8 Å². The van der Waals surface area contributed by atoms with Crippen molar-refractivity contribution in [3.63, 3.8) is 0 Å². The van der Waals surface area contributed by atoms with Gasteiger partial charge in [-0.1, -0.05) is 19.9 Å². The van der Waals surface area contributed by atoms with Gasteiger partial charge in [-0.3, -0.25) is 9.69 Å². The molecule has 1 saturated heterocycles. The minimum atomic E-state index is -1.23. The molecular weight excluding hydrogens is 454 g/mol. The monoisotopic (exact) mass is 493 g/mol. The lowest BCUT2D eigenvalue weighted by Gasteiger charge is -2.32. The zero-order valence-corrected chi connectivity index (χ0v) is 22.5. The normalized spacial score (nSPS) is 20.5. The van der Waals surface area contributed by atoms with E-state index in [0.717, 1.165) is 0 Å². The summed E-state index contributed by atoms with van der Waals surface area (Å²) in [5.41, 5.74) is -1.26. The smallest absolute Gasteiger partial charge is 0.413 e. The molecule has 1 aliphatic rings. The van der Waals surface area contributed by atoms with Crippen molar-refractivity contribution in [3.05, 3.63) is 23.8 Å². The van der Waals surface area contributed by atoms with Gasteiger partial charge in [0.25, 0.3) is 0 Å². The number of hydrogen-bond acceptors (Lipinski definition) is 8. The molecule has 0 radical (unpaired) electrons. The van der Waals surface area contributed by atoms with Gasteiger partial charge in [0.2, 0.25) is 0 Å². The summed E-state index contributed by atoms with van der Waals surface area (Å²) in [4.78, 5) is 40.6. The largest absolute Gasteiger partial charge is 0.496 e. The van der Waals surface area contributed by atoms with Crippen molar-refractivity contribution in [3.8, 4) is 11.5 Å². The van der Waals surface area contributed by atoms with Crippen LogP contribution in [0.3, 0.4) is 0 Å². The number of carbonyl (C=O) groups is 3. The van der Waals surface area contributed by atoms with Crippen molar-refractivity contribution in [1.82, 2.24) is 4.90 Å². The summed E-state index contributed by atoms with van der Waals surface area (Å²) in [5, 5.41) is 0. The first-order chi connectivity index (χ1) is 16.1. The van der Waals surface area contributed by atoms with Crippen LogP contribution in [0.1, 0.15) is 73.6 Å². The van der Waals surface area contributed by atoms with Crippen molar-refractivity contribution in [2.75, 3.05) is 14.2 Å². The topological polar surface area (TPSA) is 101 Å². The number of rotatable bonds is 6. The van der Waals surface area contributed by atoms with Gasteiger partial charge in [-0.25, -0.2) is 9.59 Å². The minimum Gasteiger partial charge on any atom is -0.496 e. The average Bonchev–Trinajstić information content (AvgIpc) is 3.09. The van der Waals surface area contributed by atoms with E-state index >= 15 is 0 Å². The molecule has 1 aromatic rings. The van der Waals surface area contributed by atoms with E-state index in [1.54, 1.807) is 59.7 Å². The van der Waals surface area contributed by atoms with Gasteiger partial charge in [0.1, 0.15) is 17.1 Å². The Labute approximate surface area is 208 Å². The maximum absolute atomic E-state index is 13.5. The quantitative estimate of drug-likeness (QED) is 0.409. The molecule has 196 valence electrons. The van der Waals surface area contributed by atoms with Gasteiger partial charge in [-0.2, -0.15) is 0 Å². The summed E-state index contributed by atoms with van der Waals surface area (Å²) < 4.78 is 28.2. The molecule has 2 unspecified atom stereocenters. The third-order valence-electron chi connectivity index (χ3n) is 5.30. The summed E-state index contributed by atoms with van der Waals surface area (Å²) in [6.07, 6.45) is -2.58. The molecule has 1 aliphatic heterocycles. The first-order valence-electron chi connectivity index (χ1n) is 11.7. The Balaban J connectivity index is 2.64. The third-order valence-corrected chi connectivity index (χ3v) is 5.30. The molecule has 35 heavy (non-hydrogen) atoms. The highest BCUT2D eigenvalue weighted by molar-refractivity contribution is 5.91. The molecular formula is C26H39NO8. The van der Waals surface area contributed by atoms with Gasteiger partial charge in [-0.05, 0) is 66.0 Å². The molecule has 0 aromatic heterocycles. The molecule has 9 heteroatoms. The van der Waals surface area contributed by atoms with E-state index in [1.807, 2.05) is 13.8 Å². The highest BCUT2D eigenvalue weighted by Crippen LogP contribution is 2.45. The van der Waals surface area contributed by atoms with Crippen molar-refractivity contribution in [1.29, 1.82) is 0 Å². The van der Waals surface area contributed by atoms with Gasteiger partial charge in [-0.15, -0.1) is 0 Å². The Morgan fingerprint density at radius 3 is 1.97 bits per heavy atom.